The Kier molecular flexibility index (Phi) is 5.27. The van der Waals surface area contributed by atoms with Crippen LogP contribution in [0.3, 0.4) is 0 Å². The van der Waals surface area contributed by atoms with Gasteiger partial charge in [-0.25, -0.2) is 9.97 Å². The van der Waals surface area contributed by atoms with Crippen molar-refractivity contribution in [3.05, 3.63) is 53.9 Å². The third-order valence-electron chi connectivity index (χ3n) is 5.25. The van der Waals surface area contributed by atoms with Crippen LogP contribution in [0.5, 0.6) is 0 Å². The molecule has 0 aliphatic carbocycles. The van der Waals surface area contributed by atoms with Gasteiger partial charge in [-0.2, -0.15) is 13.2 Å². The van der Waals surface area contributed by atoms with E-state index in [1.807, 2.05) is 6.07 Å². The number of hydrogen-bond donors (Lipinski definition) is 3. The SMILES string of the molecule is CNc1nccc(-c2cc(C3CCNCC3)[nH]c2-c2cccc(C(F)(F)F)c2)n1. The van der Waals surface area contributed by atoms with Crippen LogP contribution in [0.25, 0.3) is 22.5 Å². The van der Waals surface area contributed by atoms with Crippen molar-refractivity contribution in [1.82, 2.24) is 20.3 Å². The topological polar surface area (TPSA) is 65.6 Å². The molecule has 2 aromatic heterocycles. The van der Waals surface area contributed by atoms with Crippen LogP contribution in [-0.2, 0) is 6.18 Å². The first-order chi connectivity index (χ1) is 14.0. The molecule has 0 bridgehead atoms. The van der Waals surface area contributed by atoms with Crippen LogP contribution in [0, 0.1) is 0 Å². The molecule has 1 saturated heterocycles. The van der Waals surface area contributed by atoms with Gasteiger partial charge in [0.15, 0.2) is 0 Å². The molecule has 3 heterocycles. The van der Waals surface area contributed by atoms with Gasteiger partial charge in [0.2, 0.25) is 5.95 Å². The number of rotatable bonds is 4. The van der Waals surface area contributed by atoms with Crippen LogP contribution in [-0.4, -0.2) is 35.1 Å². The maximum Gasteiger partial charge on any atom is 0.416 e. The minimum atomic E-state index is -4.39. The van der Waals surface area contributed by atoms with Crippen molar-refractivity contribution < 1.29 is 13.2 Å². The largest absolute Gasteiger partial charge is 0.416 e. The molecule has 4 rings (SSSR count). The molecule has 1 aliphatic heterocycles. The number of aromatic amines is 1. The molecule has 0 spiro atoms. The lowest BCUT2D eigenvalue weighted by Crippen LogP contribution is -2.26. The van der Waals surface area contributed by atoms with E-state index < -0.39 is 11.7 Å². The van der Waals surface area contributed by atoms with Crippen LogP contribution in [0.2, 0.25) is 0 Å². The number of nitrogens with one attached hydrogen (secondary N) is 3. The van der Waals surface area contributed by atoms with Crippen molar-refractivity contribution in [2.45, 2.75) is 24.9 Å². The highest BCUT2D eigenvalue weighted by molar-refractivity contribution is 5.81. The van der Waals surface area contributed by atoms with Crippen LogP contribution in [0.15, 0.2) is 42.6 Å². The average molecular weight is 401 g/mol. The molecular weight excluding hydrogens is 379 g/mol. The zero-order valence-corrected chi connectivity index (χ0v) is 16.0. The third-order valence-corrected chi connectivity index (χ3v) is 5.25. The summed E-state index contributed by atoms with van der Waals surface area (Å²) in [4.78, 5) is 12.0. The summed E-state index contributed by atoms with van der Waals surface area (Å²) in [6, 6.07) is 9.19. The van der Waals surface area contributed by atoms with Crippen molar-refractivity contribution in [3.8, 4) is 22.5 Å². The van der Waals surface area contributed by atoms with Crippen molar-refractivity contribution in [1.29, 1.82) is 0 Å². The van der Waals surface area contributed by atoms with Gasteiger partial charge in [-0.1, -0.05) is 12.1 Å². The number of piperidine rings is 1. The lowest BCUT2D eigenvalue weighted by molar-refractivity contribution is -0.137. The number of nitrogens with zero attached hydrogens (tertiary/aromatic N) is 2. The number of alkyl halides is 3. The van der Waals surface area contributed by atoms with Crippen molar-refractivity contribution in [3.63, 3.8) is 0 Å². The molecule has 0 unspecified atom stereocenters. The van der Waals surface area contributed by atoms with Crippen LogP contribution >= 0.6 is 0 Å². The van der Waals surface area contributed by atoms with E-state index in [9.17, 15) is 13.2 Å². The predicted molar refractivity (Wildman–Crippen MR) is 107 cm³/mol. The van der Waals surface area contributed by atoms with Crippen molar-refractivity contribution in [2.75, 3.05) is 25.5 Å². The van der Waals surface area contributed by atoms with Gasteiger partial charge in [-0.15, -0.1) is 0 Å². The zero-order chi connectivity index (χ0) is 20.4. The average Bonchev–Trinajstić information content (AvgIpc) is 3.19. The van der Waals surface area contributed by atoms with Crippen LogP contribution in [0.1, 0.15) is 30.0 Å². The summed E-state index contributed by atoms with van der Waals surface area (Å²) in [5.41, 5.74) is 2.92. The molecular formula is C21H22F3N5. The summed E-state index contributed by atoms with van der Waals surface area (Å²) in [6.45, 7) is 1.85. The van der Waals surface area contributed by atoms with Gasteiger partial charge < -0.3 is 15.6 Å². The molecule has 29 heavy (non-hydrogen) atoms. The van der Waals surface area contributed by atoms with E-state index in [4.69, 9.17) is 0 Å². The molecule has 3 aromatic rings. The Morgan fingerprint density at radius 1 is 1.10 bits per heavy atom. The molecule has 0 radical (unpaired) electrons. The summed E-state index contributed by atoms with van der Waals surface area (Å²) >= 11 is 0. The first-order valence-electron chi connectivity index (χ1n) is 9.58. The van der Waals surface area contributed by atoms with Crippen molar-refractivity contribution in [2.24, 2.45) is 0 Å². The Morgan fingerprint density at radius 2 is 1.90 bits per heavy atom. The molecule has 0 amide bonds. The van der Waals surface area contributed by atoms with Gasteiger partial charge in [-0.3, -0.25) is 0 Å². The highest BCUT2D eigenvalue weighted by atomic mass is 19.4. The van der Waals surface area contributed by atoms with Gasteiger partial charge >= 0.3 is 6.18 Å². The molecule has 1 aliphatic rings. The molecule has 0 atom stereocenters. The zero-order valence-electron chi connectivity index (χ0n) is 16.0. The Morgan fingerprint density at radius 3 is 2.62 bits per heavy atom. The molecule has 152 valence electrons. The van der Waals surface area contributed by atoms with Gasteiger partial charge in [0, 0.05) is 30.4 Å². The minimum Gasteiger partial charge on any atom is -0.358 e. The Balaban J connectivity index is 1.84. The normalized spacial score (nSPS) is 15.4. The number of benzene rings is 1. The highest BCUT2D eigenvalue weighted by Crippen LogP contribution is 2.38. The molecule has 3 N–H and O–H groups in total. The minimum absolute atomic E-state index is 0.333. The Bertz CT molecular complexity index is 990. The number of halogens is 3. The second kappa shape index (κ2) is 7.87. The second-order valence-corrected chi connectivity index (χ2v) is 7.13. The predicted octanol–water partition coefficient (Wildman–Crippen LogP) is 4.67. The summed E-state index contributed by atoms with van der Waals surface area (Å²) < 4.78 is 39.8. The first-order valence-corrected chi connectivity index (χ1v) is 9.58. The van der Waals surface area contributed by atoms with E-state index in [2.05, 4.69) is 25.6 Å². The number of aromatic nitrogens is 3. The van der Waals surface area contributed by atoms with Crippen LogP contribution in [0.4, 0.5) is 19.1 Å². The number of H-pyrrole nitrogens is 1. The first kappa shape index (κ1) is 19.4. The fraction of sp³-hybridized carbons (Fsp3) is 0.333. The molecule has 5 nitrogen and oxygen atoms in total. The lowest BCUT2D eigenvalue weighted by atomic mass is 9.94. The van der Waals surface area contributed by atoms with E-state index in [-0.39, 0.29) is 0 Å². The van der Waals surface area contributed by atoms with Crippen molar-refractivity contribution >= 4 is 5.95 Å². The van der Waals surface area contributed by atoms with Gasteiger partial charge in [0.1, 0.15) is 0 Å². The van der Waals surface area contributed by atoms with Gasteiger partial charge in [0.05, 0.1) is 17.0 Å². The summed E-state index contributed by atoms with van der Waals surface area (Å²) in [6.07, 6.45) is -0.794. The molecule has 0 saturated carbocycles. The van der Waals surface area contributed by atoms with Crippen LogP contribution < -0.4 is 10.6 Å². The lowest BCUT2D eigenvalue weighted by Gasteiger charge is -2.21. The third kappa shape index (κ3) is 4.12. The Labute approximate surface area is 166 Å². The quantitative estimate of drug-likeness (QED) is 0.595. The fourth-order valence-corrected chi connectivity index (χ4v) is 3.74. The number of anilines is 1. The maximum atomic E-state index is 13.3. The van der Waals surface area contributed by atoms with E-state index in [0.29, 0.717) is 28.8 Å². The smallest absolute Gasteiger partial charge is 0.358 e. The highest BCUT2D eigenvalue weighted by Gasteiger charge is 2.31. The standard InChI is InChI=1S/C21H22F3N5/c1-25-20-27-10-7-17(29-20)16-12-18(13-5-8-26-9-6-13)28-19(16)14-3-2-4-15(11-14)21(22,23)24/h2-4,7,10-13,26,28H,5-6,8-9H2,1H3,(H,25,27,29). The summed E-state index contributed by atoms with van der Waals surface area (Å²) in [7, 11) is 1.73. The van der Waals surface area contributed by atoms with Gasteiger partial charge in [-0.05, 0) is 55.8 Å². The van der Waals surface area contributed by atoms with E-state index in [0.717, 1.165) is 43.3 Å². The van der Waals surface area contributed by atoms with Gasteiger partial charge in [0.25, 0.3) is 0 Å². The maximum absolute atomic E-state index is 13.3. The second-order valence-electron chi connectivity index (χ2n) is 7.13. The number of hydrogen-bond acceptors (Lipinski definition) is 4. The summed E-state index contributed by atoms with van der Waals surface area (Å²) in [5.74, 6) is 0.794. The van der Waals surface area contributed by atoms with E-state index in [1.165, 1.54) is 12.1 Å². The monoisotopic (exact) mass is 401 g/mol. The molecule has 8 heteroatoms. The van der Waals surface area contributed by atoms with E-state index >= 15 is 0 Å². The Hall–Kier alpha value is -2.87. The van der Waals surface area contributed by atoms with E-state index in [1.54, 1.807) is 25.4 Å². The molecule has 1 aromatic carbocycles. The fourth-order valence-electron chi connectivity index (χ4n) is 3.74. The summed E-state index contributed by atoms with van der Waals surface area (Å²) in [5, 5.41) is 6.25. The molecule has 1 fully saturated rings.